The Balaban J connectivity index is 1.93. The fraction of sp³-hybridized carbons (Fsp3) is 0.375. The highest BCUT2D eigenvalue weighted by Gasteiger charge is 2.26. The van der Waals surface area contributed by atoms with Crippen LogP contribution >= 0.6 is 0 Å². The topological polar surface area (TPSA) is 69.6 Å². The first-order chi connectivity index (χ1) is 10.1. The number of carboxylic acids is 1. The molecule has 1 saturated heterocycles. The Morgan fingerprint density at radius 3 is 2.67 bits per heavy atom. The second kappa shape index (κ2) is 5.33. The summed E-state index contributed by atoms with van der Waals surface area (Å²) in [7, 11) is 0. The smallest absolute Gasteiger partial charge is 0.335 e. The van der Waals surface area contributed by atoms with Gasteiger partial charge in [0.05, 0.1) is 5.56 Å². The lowest BCUT2D eigenvalue weighted by molar-refractivity contribution is -0.115. The van der Waals surface area contributed by atoms with Crippen molar-refractivity contribution in [3.63, 3.8) is 0 Å². The molecule has 5 nitrogen and oxygen atoms in total. The zero-order valence-corrected chi connectivity index (χ0v) is 12.0. The molecule has 0 aliphatic carbocycles. The van der Waals surface area contributed by atoms with Crippen LogP contribution in [0.4, 0.5) is 5.69 Å². The Kier molecular flexibility index (Phi) is 3.51. The molecule has 0 spiro atoms. The molecule has 21 heavy (non-hydrogen) atoms. The standard InChI is InChI=1S/C16H18N2O3/c1-10(13-8-17-9-13)15(19)18-6-2-3-11-7-12(16(20)21)4-5-14(11)18/h4-5,7,17H,2-3,6,8-9H2,1H3,(H,20,21). The van der Waals surface area contributed by atoms with Crippen LogP contribution in [0, 0.1) is 0 Å². The Hall–Kier alpha value is -2.14. The molecule has 2 aliphatic heterocycles. The van der Waals surface area contributed by atoms with Crippen molar-refractivity contribution in [2.24, 2.45) is 0 Å². The van der Waals surface area contributed by atoms with Crippen molar-refractivity contribution in [2.45, 2.75) is 19.8 Å². The summed E-state index contributed by atoms with van der Waals surface area (Å²) in [6.45, 7) is 4.14. The van der Waals surface area contributed by atoms with E-state index in [2.05, 4.69) is 5.32 Å². The molecule has 1 amide bonds. The van der Waals surface area contributed by atoms with Gasteiger partial charge in [-0.3, -0.25) is 4.79 Å². The van der Waals surface area contributed by atoms with Crippen LogP contribution in [0.3, 0.4) is 0 Å². The van der Waals surface area contributed by atoms with E-state index >= 15 is 0 Å². The number of carboxylic acid groups (broad SMARTS) is 1. The van der Waals surface area contributed by atoms with Gasteiger partial charge in [-0.15, -0.1) is 0 Å². The first kappa shape index (κ1) is 13.8. The van der Waals surface area contributed by atoms with Crippen LogP contribution in [0.25, 0.3) is 0 Å². The molecule has 0 unspecified atom stereocenters. The summed E-state index contributed by atoms with van der Waals surface area (Å²) >= 11 is 0. The highest BCUT2D eigenvalue weighted by molar-refractivity contribution is 6.06. The third kappa shape index (κ3) is 2.45. The van der Waals surface area contributed by atoms with Gasteiger partial charge in [0.25, 0.3) is 5.91 Å². The number of hydrogen-bond acceptors (Lipinski definition) is 3. The number of aryl methyl sites for hydroxylation is 1. The maximum Gasteiger partial charge on any atom is 0.335 e. The van der Waals surface area contributed by atoms with Crippen molar-refractivity contribution in [1.29, 1.82) is 0 Å². The Labute approximate surface area is 123 Å². The van der Waals surface area contributed by atoms with Crippen LogP contribution < -0.4 is 10.2 Å². The van der Waals surface area contributed by atoms with E-state index in [1.807, 2.05) is 6.92 Å². The molecule has 110 valence electrons. The van der Waals surface area contributed by atoms with Gasteiger partial charge in [0.2, 0.25) is 0 Å². The van der Waals surface area contributed by atoms with Gasteiger partial charge >= 0.3 is 5.97 Å². The molecule has 0 atom stereocenters. The van der Waals surface area contributed by atoms with Gasteiger partial charge in [0.15, 0.2) is 0 Å². The van der Waals surface area contributed by atoms with Crippen molar-refractivity contribution in [2.75, 3.05) is 24.5 Å². The van der Waals surface area contributed by atoms with Crippen molar-refractivity contribution < 1.29 is 14.7 Å². The lowest BCUT2D eigenvalue weighted by Gasteiger charge is -2.31. The minimum absolute atomic E-state index is 0.0375. The molecule has 0 bridgehead atoms. The molecule has 2 aliphatic rings. The number of aromatic carboxylic acids is 1. The van der Waals surface area contributed by atoms with Gasteiger partial charge in [0.1, 0.15) is 0 Å². The lowest BCUT2D eigenvalue weighted by Crippen LogP contribution is -2.41. The van der Waals surface area contributed by atoms with E-state index < -0.39 is 5.97 Å². The van der Waals surface area contributed by atoms with Crippen LogP contribution in [-0.2, 0) is 11.2 Å². The van der Waals surface area contributed by atoms with Gasteiger partial charge < -0.3 is 15.3 Å². The van der Waals surface area contributed by atoms with Crippen molar-refractivity contribution in [3.05, 3.63) is 40.5 Å². The summed E-state index contributed by atoms with van der Waals surface area (Å²) < 4.78 is 0. The molecule has 1 fully saturated rings. The summed E-state index contributed by atoms with van der Waals surface area (Å²) in [5, 5.41) is 12.2. The van der Waals surface area contributed by atoms with E-state index in [4.69, 9.17) is 5.11 Å². The number of carbonyl (C=O) groups is 2. The van der Waals surface area contributed by atoms with Crippen molar-refractivity contribution >= 4 is 17.6 Å². The average molecular weight is 286 g/mol. The fourth-order valence-electron chi connectivity index (χ4n) is 2.81. The normalized spacial score (nSPS) is 17.0. The van der Waals surface area contributed by atoms with Crippen LogP contribution in [0.2, 0.25) is 0 Å². The van der Waals surface area contributed by atoms with E-state index in [-0.39, 0.29) is 11.5 Å². The Morgan fingerprint density at radius 1 is 1.29 bits per heavy atom. The van der Waals surface area contributed by atoms with E-state index in [0.717, 1.165) is 48.3 Å². The number of benzene rings is 1. The monoisotopic (exact) mass is 286 g/mol. The quantitative estimate of drug-likeness (QED) is 0.810. The summed E-state index contributed by atoms with van der Waals surface area (Å²) in [6.07, 6.45) is 1.68. The van der Waals surface area contributed by atoms with E-state index in [0.29, 0.717) is 6.54 Å². The minimum atomic E-state index is -0.930. The SMILES string of the molecule is CC(C(=O)N1CCCc2cc(C(=O)O)ccc21)=C1CNC1. The highest BCUT2D eigenvalue weighted by atomic mass is 16.4. The third-order valence-electron chi connectivity index (χ3n) is 4.22. The van der Waals surface area contributed by atoms with E-state index in [1.54, 1.807) is 23.1 Å². The summed E-state index contributed by atoms with van der Waals surface area (Å²) in [5.74, 6) is -0.893. The van der Waals surface area contributed by atoms with E-state index in [9.17, 15) is 9.59 Å². The maximum atomic E-state index is 12.6. The largest absolute Gasteiger partial charge is 0.478 e. The molecule has 3 rings (SSSR count). The van der Waals surface area contributed by atoms with Gasteiger partial charge in [-0.25, -0.2) is 4.79 Å². The molecular weight excluding hydrogens is 268 g/mol. The number of nitrogens with one attached hydrogen (secondary N) is 1. The predicted molar refractivity (Wildman–Crippen MR) is 79.6 cm³/mol. The minimum Gasteiger partial charge on any atom is -0.478 e. The predicted octanol–water partition coefficient (Wildman–Crippen LogP) is 1.58. The van der Waals surface area contributed by atoms with Gasteiger partial charge in [-0.2, -0.15) is 0 Å². The number of amides is 1. The number of fused-ring (bicyclic) bond motifs is 1. The number of anilines is 1. The van der Waals surface area contributed by atoms with Crippen LogP contribution in [0.1, 0.15) is 29.3 Å². The Bertz CT molecular complexity index is 643. The second-order valence-electron chi connectivity index (χ2n) is 5.54. The molecule has 5 heteroatoms. The lowest BCUT2D eigenvalue weighted by atomic mass is 9.97. The Morgan fingerprint density at radius 2 is 2.05 bits per heavy atom. The molecule has 0 aromatic heterocycles. The van der Waals surface area contributed by atoms with Crippen molar-refractivity contribution in [1.82, 2.24) is 5.32 Å². The number of rotatable bonds is 2. The third-order valence-corrected chi connectivity index (χ3v) is 4.22. The van der Waals surface area contributed by atoms with Crippen LogP contribution in [-0.4, -0.2) is 36.6 Å². The number of carbonyl (C=O) groups excluding carboxylic acids is 1. The number of nitrogens with zero attached hydrogens (tertiary/aromatic N) is 1. The average Bonchev–Trinajstić information content (AvgIpc) is 2.43. The molecular formula is C16H18N2O3. The van der Waals surface area contributed by atoms with Gasteiger partial charge in [-0.1, -0.05) is 0 Å². The molecule has 1 aromatic rings. The molecule has 2 N–H and O–H groups in total. The van der Waals surface area contributed by atoms with Gasteiger partial charge in [0, 0.05) is 30.9 Å². The van der Waals surface area contributed by atoms with Crippen LogP contribution in [0.5, 0.6) is 0 Å². The highest BCUT2D eigenvalue weighted by Crippen LogP contribution is 2.29. The maximum absolute atomic E-state index is 12.6. The van der Waals surface area contributed by atoms with Crippen molar-refractivity contribution in [3.8, 4) is 0 Å². The summed E-state index contributed by atoms with van der Waals surface area (Å²) in [5.41, 5.74) is 4.04. The summed E-state index contributed by atoms with van der Waals surface area (Å²) in [6, 6.07) is 5.01. The molecule has 0 radical (unpaired) electrons. The zero-order valence-electron chi connectivity index (χ0n) is 12.0. The van der Waals surface area contributed by atoms with Crippen LogP contribution in [0.15, 0.2) is 29.3 Å². The molecule has 0 saturated carbocycles. The number of hydrogen-bond donors (Lipinski definition) is 2. The second-order valence-corrected chi connectivity index (χ2v) is 5.54. The fourth-order valence-corrected chi connectivity index (χ4v) is 2.81. The first-order valence-corrected chi connectivity index (χ1v) is 7.15. The molecule has 2 heterocycles. The molecule has 1 aromatic carbocycles. The van der Waals surface area contributed by atoms with Gasteiger partial charge in [-0.05, 0) is 49.1 Å². The zero-order chi connectivity index (χ0) is 15.0. The first-order valence-electron chi connectivity index (χ1n) is 7.15. The van der Waals surface area contributed by atoms with E-state index in [1.165, 1.54) is 0 Å². The summed E-state index contributed by atoms with van der Waals surface area (Å²) in [4.78, 5) is 25.5.